The van der Waals surface area contributed by atoms with Crippen LogP contribution in [0, 0.1) is 0 Å². The quantitative estimate of drug-likeness (QED) is 0.776. The molecule has 1 aliphatic rings. The van der Waals surface area contributed by atoms with Crippen LogP contribution in [0.4, 0.5) is 10.5 Å². The van der Waals surface area contributed by atoms with Crippen LogP contribution in [0.1, 0.15) is 19.3 Å². The fraction of sp³-hybridized carbons (Fsp3) is 0.312. The van der Waals surface area contributed by atoms with Gasteiger partial charge in [0.1, 0.15) is 0 Å². The molecule has 3 N–H and O–H groups in total. The second-order valence-corrected chi connectivity index (χ2v) is 5.69. The summed E-state index contributed by atoms with van der Waals surface area (Å²) in [4.78, 5) is 11.5. The van der Waals surface area contributed by atoms with E-state index in [-0.39, 0.29) is 0 Å². The third-order valence-corrected chi connectivity index (χ3v) is 4.11. The molecule has 0 unspecified atom stereocenters. The van der Waals surface area contributed by atoms with E-state index in [4.69, 9.17) is 5.11 Å². The van der Waals surface area contributed by atoms with Crippen molar-refractivity contribution >= 4 is 23.1 Å². The molecule has 2 heterocycles. The highest BCUT2D eigenvalue weighted by Gasteiger charge is 2.08. The van der Waals surface area contributed by atoms with E-state index in [1.165, 1.54) is 43.7 Å². The van der Waals surface area contributed by atoms with Crippen molar-refractivity contribution in [3.8, 4) is 10.4 Å². The van der Waals surface area contributed by atoms with Gasteiger partial charge in [0, 0.05) is 0 Å². The van der Waals surface area contributed by atoms with Crippen LogP contribution in [0.25, 0.3) is 10.4 Å². The molecular formula is C16H20N2O2S. The Morgan fingerprint density at radius 1 is 1.10 bits per heavy atom. The summed E-state index contributed by atoms with van der Waals surface area (Å²) in [6, 6.07) is 11.5. The largest absolute Gasteiger partial charge is 0.465 e. The van der Waals surface area contributed by atoms with Gasteiger partial charge in [-0.3, -0.25) is 5.32 Å². The molecule has 4 nitrogen and oxygen atoms in total. The van der Waals surface area contributed by atoms with Crippen LogP contribution in [0.2, 0.25) is 0 Å². The lowest BCUT2D eigenvalue weighted by atomic mass is 10.2. The summed E-state index contributed by atoms with van der Waals surface area (Å²) in [5.41, 5.74) is 1.66. The minimum atomic E-state index is -1.04. The highest BCUT2D eigenvalue weighted by atomic mass is 32.1. The first-order valence-corrected chi connectivity index (χ1v) is 7.99. The van der Waals surface area contributed by atoms with Crippen LogP contribution >= 0.6 is 11.3 Å². The first kappa shape index (κ1) is 15.5. The van der Waals surface area contributed by atoms with Crippen molar-refractivity contribution in [2.24, 2.45) is 0 Å². The molecule has 1 aromatic carbocycles. The lowest BCUT2D eigenvalue weighted by Crippen LogP contribution is -2.21. The summed E-state index contributed by atoms with van der Waals surface area (Å²) in [6.07, 6.45) is 3.18. The van der Waals surface area contributed by atoms with Crippen molar-refractivity contribution in [2.75, 3.05) is 18.4 Å². The predicted molar refractivity (Wildman–Crippen MR) is 88.1 cm³/mol. The van der Waals surface area contributed by atoms with Crippen LogP contribution in [-0.2, 0) is 0 Å². The van der Waals surface area contributed by atoms with Crippen molar-refractivity contribution in [3.05, 3.63) is 41.8 Å². The molecule has 5 heteroatoms. The van der Waals surface area contributed by atoms with E-state index in [0.29, 0.717) is 5.69 Å². The summed E-state index contributed by atoms with van der Waals surface area (Å²) >= 11 is 1.52. The molecule has 0 bridgehead atoms. The molecule has 0 spiro atoms. The molecule has 3 rings (SSSR count). The second kappa shape index (κ2) is 8.44. The van der Waals surface area contributed by atoms with Gasteiger partial charge < -0.3 is 10.4 Å². The van der Waals surface area contributed by atoms with E-state index in [0.717, 1.165) is 10.4 Å². The number of rotatable bonds is 2. The molecule has 0 aliphatic carbocycles. The number of hydrogen-bond acceptors (Lipinski definition) is 3. The van der Waals surface area contributed by atoms with Gasteiger partial charge >= 0.3 is 6.09 Å². The van der Waals surface area contributed by atoms with E-state index in [1.54, 1.807) is 6.07 Å². The molecule has 1 aromatic heterocycles. The molecule has 1 fully saturated rings. The van der Waals surface area contributed by atoms with Gasteiger partial charge in [-0.2, -0.15) is 0 Å². The lowest BCUT2D eigenvalue weighted by molar-refractivity contribution is 0.210. The van der Waals surface area contributed by atoms with Crippen molar-refractivity contribution in [1.29, 1.82) is 0 Å². The number of thiophene rings is 1. The first-order valence-electron chi connectivity index (χ1n) is 7.11. The Hall–Kier alpha value is -1.85. The van der Waals surface area contributed by atoms with Crippen LogP contribution in [0.5, 0.6) is 0 Å². The summed E-state index contributed by atoms with van der Waals surface area (Å²) in [5.74, 6) is 0. The van der Waals surface area contributed by atoms with Gasteiger partial charge in [0.05, 0.1) is 10.6 Å². The minimum Gasteiger partial charge on any atom is -0.465 e. The predicted octanol–water partition coefficient (Wildman–Crippen LogP) is 4.26. The van der Waals surface area contributed by atoms with Crippen molar-refractivity contribution in [1.82, 2.24) is 5.32 Å². The van der Waals surface area contributed by atoms with Gasteiger partial charge in [-0.05, 0) is 42.9 Å². The Morgan fingerprint density at radius 3 is 2.33 bits per heavy atom. The highest BCUT2D eigenvalue weighted by molar-refractivity contribution is 7.14. The number of nitrogens with one attached hydrogen (secondary N) is 2. The van der Waals surface area contributed by atoms with E-state index >= 15 is 0 Å². The normalized spacial score (nSPS) is 13.9. The summed E-state index contributed by atoms with van der Waals surface area (Å²) in [6.45, 7) is 2.50. The Bertz CT molecular complexity index is 539. The number of piperidine rings is 1. The standard InChI is InChI=1S/C11H9NO2S.C5H11N/c13-11(14)12-9-6-7-15-10(9)8-4-2-1-3-5-8;1-2-4-6-5-3-1/h1-7,12H,(H,13,14);6H,1-5H2. The first-order chi connectivity index (χ1) is 10.3. The highest BCUT2D eigenvalue weighted by Crippen LogP contribution is 2.33. The molecule has 112 valence electrons. The maximum absolute atomic E-state index is 10.5. The topological polar surface area (TPSA) is 61.4 Å². The van der Waals surface area contributed by atoms with Gasteiger partial charge in [-0.25, -0.2) is 4.79 Å². The maximum atomic E-state index is 10.5. The van der Waals surface area contributed by atoms with E-state index in [2.05, 4.69) is 10.6 Å². The Kier molecular flexibility index (Phi) is 6.24. The summed E-state index contributed by atoms with van der Waals surface area (Å²) < 4.78 is 0. The van der Waals surface area contributed by atoms with Crippen LogP contribution in [-0.4, -0.2) is 24.3 Å². The third kappa shape index (κ3) is 5.21. The molecule has 1 saturated heterocycles. The molecular weight excluding hydrogens is 284 g/mol. The average Bonchev–Trinajstić information content (AvgIpc) is 2.98. The number of amides is 1. The van der Waals surface area contributed by atoms with E-state index < -0.39 is 6.09 Å². The molecule has 1 amide bonds. The van der Waals surface area contributed by atoms with Gasteiger partial charge in [0.2, 0.25) is 0 Å². The fourth-order valence-electron chi connectivity index (χ4n) is 2.14. The summed E-state index contributed by atoms with van der Waals surface area (Å²) in [7, 11) is 0. The second-order valence-electron chi connectivity index (χ2n) is 4.77. The van der Waals surface area contributed by atoms with E-state index in [1.807, 2.05) is 35.7 Å². The fourth-order valence-corrected chi connectivity index (χ4v) is 3.00. The van der Waals surface area contributed by atoms with Crippen LogP contribution < -0.4 is 10.6 Å². The van der Waals surface area contributed by atoms with Crippen molar-refractivity contribution < 1.29 is 9.90 Å². The Balaban J connectivity index is 0.000000225. The number of anilines is 1. The van der Waals surface area contributed by atoms with Crippen molar-refractivity contribution in [2.45, 2.75) is 19.3 Å². The average molecular weight is 304 g/mol. The molecule has 0 radical (unpaired) electrons. The monoisotopic (exact) mass is 304 g/mol. The SMILES string of the molecule is C1CCNCC1.O=C(O)Nc1ccsc1-c1ccccc1. The van der Waals surface area contributed by atoms with E-state index in [9.17, 15) is 4.79 Å². The zero-order valence-electron chi connectivity index (χ0n) is 11.8. The number of hydrogen-bond donors (Lipinski definition) is 3. The number of carboxylic acid groups (broad SMARTS) is 1. The number of benzene rings is 1. The molecule has 0 atom stereocenters. The zero-order valence-corrected chi connectivity index (χ0v) is 12.7. The Morgan fingerprint density at radius 2 is 1.81 bits per heavy atom. The maximum Gasteiger partial charge on any atom is 0.409 e. The Labute approximate surface area is 128 Å². The minimum absolute atomic E-state index is 0.638. The van der Waals surface area contributed by atoms with Crippen molar-refractivity contribution in [3.63, 3.8) is 0 Å². The third-order valence-electron chi connectivity index (χ3n) is 3.15. The lowest BCUT2D eigenvalue weighted by Gasteiger charge is -2.08. The van der Waals surface area contributed by atoms with Gasteiger partial charge in [0.15, 0.2) is 0 Å². The summed E-state index contributed by atoms with van der Waals surface area (Å²) in [5, 5.41) is 16.2. The number of carbonyl (C=O) groups is 1. The van der Waals surface area contributed by atoms with Gasteiger partial charge in [-0.15, -0.1) is 11.3 Å². The smallest absolute Gasteiger partial charge is 0.409 e. The molecule has 1 aliphatic heterocycles. The molecule has 21 heavy (non-hydrogen) atoms. The molecule has 0 saturated carbocycles. The van der Waals surface area contributed by atoms with Gasteiger partial charge in [0.25, 0.3) is 0 Å². The molecule has 2 aromatic rings. The van der Waals surface area contributed by atoms with Gasteiger partial charge in [-0.1, -0.05) is 36.8 Å². The van der Waals surface area contributed by atoms with Crippen LogP contribution in [0.15, 0.2) is 41.8 Å². The van der Waals surface area contributed by atoms with Crippen LogP contribution in [0.3, 0.4) is 0 Å². The zero-order chi connectivity index (χ0) is 14.9.